The van der Waals surface area contributed by atoms with Gasteiger partial charge in [-0.3, -0.25) is 9.00 Å². The van der Waals surface area contributed by atoms with Crippen LogP contribution in [0.15, 0.2) is 0 Å². The van der Waals surface area contributed by atoms with Crippen LogP contribution in [0.5, 0.6) is 0 Å². The summed E-state index contributed by atoms with van der Waals surface area (Å²) in [5.41, 5.74) is 0. The quantitative estimate of drug-likeness (QED) is 0.657. The summed E-state index contributed by atoms with van der Waals surface area (Å²) >= 11 is 0. The zero-order valence-corrected chi connectivity index (χ0v) is 9.23. The number of ketones is 1. The van der Waals surface area contributed by atoms with Crippen LogP contribution in [0.2, 0.25) is 0 Å². The molecule has 2 nitrogen and oxygen atoms in total. The summed E-state index contributed by atoms with van der Waals surface area (Å²) in [5.74, 6) is 2.07. The standard InChI is InChI=1S/C10H18O2S/c1-8(2)5-6-13(12)7-10(11)9-3-4-9/h8-9H,3-7H2,1-2H3. The van der Waals surface area contributed by atoms with Gasteiger partial charge in [0.25, 0.3) is 0 Å². The fraction of sp³-hybridized carbons (Fsp3) is 0.900. The van der Waals surface area contributed by atoms with Crippen LogP contribution in [0.1, 0.15) is 33.1 Å². The average Bonchev–Trinajstić information content (AvgIpc) is 2.82. The maximum Gasteiger partial charge on any atom is 0.148 e. The van der Waals surface area contributed by atoms with Gasteiger partial charge in [-0.15, -0.1) is 0 Å². The van der Waals surface area contributed by atoms with Crippen LogP contribution < -0.4 is 0 Å². The van der Waals surface area contributed by atoms with Crippen molar-refractivity contribution in [3.8, 4) is 0 Å². The zero-order valence-electron chi connectivity index (χ0n) is 8.41. The van der Waals surface area contributed by atoms with Crippen molar-refractivity contribution in [1.82, 2.24) is 0 Å². The zero-order chi connectivity index (χ0) is 9.84. The van der Waals surface area contributed by atoms with Gasteiger partial charge in [0.05, 0.1) is 5.75 Å². The molecule has 0 aromatic heterocycles. The van der Waals surface area contributed by atoms with Gasteiger partial charge in [-0.05, 0) is 25.2 Å². The van der Waals surface area contributed by atoms with Gasteiger partial charge in [0, 0.05) is 22.5 Å². The van der Waals surface area contributed by atoms with Crippen LogP contribution in [0, 0.1) is 11.8 Å². The summed E-state index contributed by atoms with van der Waals surface area (Å²) in [7, 11) is -0.901. The molecule has 76 valence electrons. The molecule has 0 bridgehead atoms. The van der Waals surface area contributed by atoms with Crippen LogP contribution in [0.25, 0.3) is 0 Å². The molecule has 1 fully saturated rings. The lowest BCUT2D eigenvalue weighted by Crippen LogP contribution is -2.15. The molecule has 0 amide bonds. The molecule has 13 heavy (non-hydrogen) atoms. The SMILES string of the molecule is CC(C)CCS(=O)CC(=O)C1CC1. The maximum absolute atomic E-state index is 11.4. The lowest BCUT2D eigenvalue weighted by Gasteiger charge is -2.03. The highest BCUT2D eigenvalue weighted by atomic mass is 32.2. The molecule has 1 aliphatic rings. The monoisotopic (exact) mass is 202 g/mol. The Balaban J connectivity index is 2.13. The molecular weight excluding hydrogens is 184 g/mol. The van der Waals surface area contributed by atoms with E-state index in [4.69, 9.17) is 0 Å². The molecular formula is C10H18O2S. The highest BCUT2D eigenvalue weighted by Crippen LogP contribution is 2.29. The Hall–Kier alpha value is -0.180. The van der Waals surface area contributed by atoms with Crippen LogP contribution in [-0.2, 0) is 15.6 Å². The molecule has 1 atom stereocenters. The van der Waals surface area contributed by atoms with E-state index >= 15 is 0 Å². The lowest BCUT2D eigenvalue weighted by molar-refractivity contribution is -0.117. The van der Waals surface area contributed by atoms with Gasteiger partial charge in [-0.2, -0.15) is 0 Å². The summed E-state index contributed by atoms with van der Waals surface area (Å²) in [5, 5.41) is 0. The lowest BCUT2D eigenvalue weighted by atomic mass is 10.2. The van der Waals surface area contributed by atoms with Crippen molar-refractivity contribution in [2.24, 2.45) is 11.8 Å². The first kappa shape index (κ1) is 10.9. The summed E-state index contributed by atoms with van der Waals surface area (Å²) < 4.78 is 11.4. The van der Waals surface area contributed by atoms with Crippen LogP contribution in [0.4, 0.5) is 0 Å². The number of carbonyl (C=O) groups is 1. The minimum Gasteiger partial charge on any atom is -0.298 e. The molecule has 0 aromatic carbocycles. The minimum atomic E-state index is -0.901. The van der Waals surface area contributed by atoms with Gasteiger partial charge in [-0.1, -0.05) is 13.8 Å². The molecule has 1 aliphatic carbocycles. The van der Waals surface area contributed by atoms with Crippen LogP contribution in [-0.4, -0.2) is 21.5 Å². The summed E-state index contributed by atoms with van der Waals surface area (Å²) in [4.78, 5) is 11.3. The van der Waals surface area contributed by atoms with Crippen molar-refractivity contribution in [1.29, 1.82) is 0 Å². The van der Waals surface area contributed by atoms with E-state index in [-0.39, 0.29) is 11.7 Å². The largest absolute Gasteiger partial charge is 0.298 e. The van der Waals surface area contributed by atoms with Crippen LogP contribution >= 0.6 is 0 Å². The first-order chi connectivity index (χ1) is 6.09. The molecule has 1 saturated carbocycles. The molecule has 0 aliphatic heterocycles. The molecule has 0 heterocycles. The molecule has 1 unspecified atom stereocenters. The fourth-order valence-electron chi connectivity index (χ4n) is 1.12. The Morgan fingerprint density at radius 2 is 2.08 bits per heavy atom. The summed E-state index contributed by atoms with van der Waals surface area (Å²) in [6.45, 7) is 4.22. The van der Waals surface area contributed by atoms with Gasteiger partial charge >= 0.3 is 0 Å². The Labute approximate surface area is 82.6 Å². The molecule has 0 N–H and O–H groups in total. The molecule has 1 rings (SSSR count). The second-order valence-electron chi connectivity index (χ2n) is 4.21. The van der Waals surface area contributed by atoms with E-state index in [2.05, 4.69) is 13.8 Å². The number of hydrogen-bond donors (Lipinski definition) is 0. The molecule has 0 radical (unpaired) electrons. The predicted molar refractivity (Wildman–Crippen MR) is 55.1 cm³/mol. The summed E-state index contributed by atoms with van der Waals surface area (Å²) in [6.07, 6.45) is 3.02. The topological polar surface area (TPSA) is 34.1 Å². The number of Topliss-reactive ketones (excluding diaryl/α,β-unsaturated/α-hetero) is 1. The van der Waals surface area contributed by atoms with E-state index in [1.54, 1.807) is 0 Å². The number of carbonyl (C=O) groups excluding carboxylic acids is 1. The molecule has 0 spiro atoms. The third kappa shape index (κ3) is 4.55. The van der Waals surface area contributed by atoms with E-state index in [1.165, 1.54) is 0 Å². The fourth-order valence-corrected chi connectivity index (χ4v) is 2.55. The molecule has 0 aromatic rings. The number of rotatable bonds is 6. The number of hydrogen-bond acceptors (Lipinski definition) is 2. The van der Waals surface area contributed by atoms with Crippen molar-refractivity contribution >= 4 is 16.6 Å². The maximum atomic E-state index is 11.4. The molecule has 3 heteroatoms. The van der Waals surface area contributed by atoms with Crippen molar-refractivity contribution in [2.45, 2.75) is 33.1 Å². The highest BCUT2D eigenvalue weighted by molar-refractivity contribution is 7.85. The van der Waals surface area contributed by atoms with E-state index in [9.17, 15) is 9.00 Å². The van der Waals surface area contributed by atoms with E-state index in [0.717, 1.165) is 19.3 Å². The van der Waals surface area contributed by atoms with Crippen molar-refractivity contribution < 1.29 is 9.00 Å². The van der Waals surface area contributed by atoms with Gasteiger partial charge in [0.2, 0.25) is 0 Å². The highest BCUT2D eigenvalue weighted by Gasteiger charge is 2.30. The normalized spacial score (nSPS) is 19.0. The second-order valence-corrected chi connectivity index (χ2v) is 5.79. The van der Waals surface area contributed by atoms with Crippen molar-refractivity contribution in [2.75, 3.05) is 11.5 Å². The van der Waals surface area contributed by atoms with Crippen molar-refractivity contribution in [3.63, 3.8) is 0 Å². The summed E-state index contributed by atoms with van der Waals surface area (Å²) in [6, 6.07) is 0. The first-order valence-corrected chi connectivity index (χ1v) is 6.46. The third-order valence-electron chi connectivity index (χ3n) is 2.26. The van der Waals surface area contributed by atoms with Gasteiger partial charge in [0.1, 0.15) is 5.78 Å². The van der Waals surface area contributed by atoms with Gasteiger partial charge < -0.3 is 0 Å². The Morgan fingerprint density at radius 1 is 1.46 bits per heavy atom. The smallest absolute Gasteiger partial charge is 0.148 e. The Bertz CT molecular complexity index is 207. The first-order valence-electron chi connectivity index (χ1n) is 4.97. The second kappa shape index (κ2) is 4.89. The Morgan fingerprint density at radius 3 is 2.54 bits per heavy atom. The Kier molecular flexibility index (Phi) is 4.10. The van der Waals surface area contributed by atoms with E-state index < -0.39 is 10.8 Å². The van der Waals surface area contributed by atoms with Gasteiger partial charge in [0.15, 0.2) is 0 Å². The average molecular weight is 202 g/mol. The minimum absolute atomic E-state index is 0.224. The van der Waals surface area contributed by atoms with Crippen LogP contribution in [0.3, 0.4) is 0 Å². The third-order valence-corrected chi connectivity index (χ3v) is 3.56. The van der Waals surface area contributed by atoms with Crippen molar-refractivity contribution in [3.05, 3.63) is 0 Å². The van der Waals surface area contributed by atoms with E-state index in [0.29, 0.717) is 17.4 Å². The van der Waals surface area contributed by atoms with E-state index in [1.807, 2.05) is 0 Å². The molecule has 0 saturated heterocycles. The van der Waals surface area contributed by atoms with Gasteiger partial charge in [-0.25, -0.2) is 0 Å². The predicted octanol–water partition coefficient (Wildman–Crippen LogP) is 1.76.